The van der Waals surface area contributed by atoms with Crippen molar-refractivity contribution < 1.29 is 14.0 Å². The highest BCUT2D eigenvalue weighted by atomic mass is 16.3. The molecule has 4 aromatic rings. The van der Waals surface area contributed by atoms with E-state index >= 15 is 0 Å². The zero-order valence-corrected chi connectivity index (χ0v) is 21.1. The van der Waals surface area contributed by atoms with Gasteiger partial charge in [0.05, 0.1) is 18.3 Å². The van der Waals surface area contributed by atoms with Crippen LogP contribution in [0.5, 0.6) is 0 Å². The zero-order chi connectivity index (χ0) is 25.2. The highest BCUT2D eigenvalue weighted by molar-refractivity contribution is 6.03. The minimum absolute atomic E-state index is 0.107. The van der Waals surface area contributed by atoms with Gasteiger partial charge in [0.15, 0.2) is 11.1 Å². The predicted molar refractivity (Wildman–Crippen MR) is 143 cm³/mol. The van der Waals surface area contributed by atoms with Crippen LogP contribution < -0.4 is 5.32 Å². The fourth-order valence-corrected chi connectivity index (χ4v) is 6.11. The Hall–Kier alpha value is -3.80. The molecule has 3 heterocycles. The second-order valence-electron chi connectivity index (χ2n) is 10.4. The molecule has 1 saturated carbocycles. The van der Waals surface area contributed by atoms with Gasteiger partial charge in [0.2, 0.25) is 0 Å². The molecule has 0 saturated heterocycles. The summed E-state index contributed by atoms with van der Waals surface area (Å²) in [4.78, 5) is 30.6. The highest BCUT2D eigenvalue weighted by Crippen LogP contribution is 2.40. The van der Waals surface area contributed by atoms with Crippen molar-refractivity contribution in [2.24, 2.45) is 0 Å². The van der Waals surface area contributed by atoms with Crippen molar-refractivity contribution in [3.05, 3.63) is 95.9 Å². The molecule has 1 aliphatic heterocycles. The number of nitrogens with zero attached hydrogens (tertiary/aromatic N) is 2. The molecule has 6 rings (SSSR count). The van der Waals surface area contributed by atoms with E-state index in [-0.39, 0.29) is 17.9 Å². The molecular formula is C31H33N3O3. The molecule has 2 aliphatic rings. The van der Waals surface area contributed by atoms with E-state index in [4.69, 9.17) is 4.42 Å². The Balaban J connectivity index is 1.49. The molecule has 1 aliphatic carbocycles. The molecular weight excluding hydrogens is 462 g/mol. The maximum Gasteiger partial charge on any atom is 0.272 e. The first-order chi connectivity index (χ1) is 18.2. The van der Waals surface area contributed by atoms with E-state index in [1.165, 1.54) is 19.3 Å². The number of aromatic nitrogens is 1. The number of benzene rings is 2. The molecule has 6 heteroatoms. The summed E-state index contributed by atoms with van der Waals surface area (Å²) in [6.45, 7) is 0.658. The molecule has 190 valence electrons. The van der Waals surface area contributed by atoms with Gasteiger partial charge in [0.25, 0.3) is 11.8 Å². The monoisotopic (exact) mass is 495 g/mol. The van der Waals surface area contributed by atoms with Gasteiger partial charge in [-0.05, 0) is 24.0 Å². The van der Waals surface area contributed by atoms with Crippen LogP contribution in [0.15, 0.2) is 83.5 Å². The molecule has 1 atom stereocenters. The van der Waals surface area contributed by atoms with E-state index in [0.29, 0.717) is 24.4 Å². The number of rotatable bonds is 5. The lowest BCUT2D eigenvalue weighted by Crippen LogP contribution is -2.64. The van der Waals surface area contributed by atoms with Gasteiger partial charge in [0, 0.05) is 24.7 Å². The van der Waals surface area contributed by atoms with E-state index in [2.05, 4.69) is 5.32 Å². The molecule has 37 heavy (non-hydrogen) atoms. The average molecular weight is 496 g/mol. The number of hydrogen-bond donors (Lipinski definition) is 1. The Bertz CT molecular complexity index is 1380. The fraction of sp³-hybridized carbons (Fsp3) is 0.355. The van der Waals surface area contributed by atoms with Crippen molar-refractivity contribution in [3.8, 4) is 0 Å². The van der Waals surface area contributed by atoms with Crippen LogP contribution in [-0.2, 0) is 23.4 Å². The van der Waals surface area contributed by atoms with Gasteiger partial charge in [0.1, 0.15) is 5.69 Å². The average Bonchev–Trinajstić information content (AvgIpc) is 3.50. The van der Waals surface area contributed by atoms with Gasteiger partial charge in [-0.1, -0.05) is 92.8 Å². The van der Waals surface area contributed by atoms with Gasteiger partial charge in [-0.15, -0.1) is 0 Å². The summed E-state index contributed by atoms with van der Waals surface area (Å²) in [5.74, 6) is -0.275. The molecule has 2 amide bonds. The lowest BCUT2D eigenvalue weighted by molar-refractivity contribution is -0.136. The van der Waals surface area contributed by atoms with Crippen LogP contribution in [0.3, 0.4) is 0 Å². The minimum Gasteiger partial charge on any atom is -0.463 e. The van der Waals surface area contributed by atoms with Gasteiger partial charge < -0.3 is 19.2 Å². The molecule has 1 N–H and O–H groups in total. The zero-order valence-electron chi connectivity index (χ0n) is 21.1. The largest absolute Gasteiger partial charge is 0.463 e. The summed E-state index contributed by atoms with van der Waals surface area (Å²) < 4.78 is 7.63. The molecule has 2 aromatic carbocycles. The van der Waals surface area contributed by atoms with E-state index in [1.54, 1.807) is 17.2 Å². The second-order valence-corrected chi connectivity index (χ2v) is 10.4. The van der Waals surface area contributed by atoms with Gasteiger partial charge in [-0.25, -0.2) is 0 Å². The van der Waals surface area contributed by atoms with Crippen LogP contribution in [-0.4, -0.2) is 27.3 Å². The number of carbonyl (C=O) groups excluding carboxylic acids is 2. The molecule has 6 nitrogen and oxygen atoms in total. The summed E-state index contributed by atoms with van der Waals surface area (Å²) in [7, 11) is 0. The van der Waals surface area contributed by atoms with Crippen LogP contribution >= 0.6 is 0 Å². The molecule has 2 aromatic heterocycles. The Morgan fingerprint density at radius 3 is 2.32 bits per heavy atom. The summed E-state index contributed by atoms with van der Waals surface area (Å²) in [5, 5.41) is 3.43. The smallest absolute Gasteiger partial charge is 0.272 e. The molecule has 0 bridgehead atoms. The topological polar surface area (TPSA) is 67.5 Å². The first kappa shape index (κ1) is 23.6. The number of carbonyl (C=O) groups is 2. The third-order valence-electron chi connectivity index (χ3n) is 8.09. The number of furan rings is 1. The number of hydrogen-bond acceptors (Lipinski definition) is 3. The van der Waals surface area contributed by atoms with Gasteiger partial charge >= 0.3 is 0 Å². The SMILES string of the molecule is O=C1c2cc3occc3n2CC(C(=O)NC2CCCCCCC2)(c2ccccc2)N1Cc1ccccc1. The highest BCUT2D eigenvalue weighted by Gasteiger charge is 2.53. The quantitative estimate of drug-likeness (QED) is 0.368. The van der Waals surface area contributed by atoms with Gasteiger partial charge in [-0.3, -0.25) is 9.59 Å². The van der Waals surface area contributed by atoms with Crippen molar-refractivity contribution in [1.29, 1.82) is 0 Å². The second kappa shape index (κ2) is 9.92. The standard InChI is InChI=1S/C31H33N3O3/c35-29-27-20-28-26(18-19-37-28)33(27)22-31(24-14-8-5-9-15-24,34(29)21-23-12-6-4-7-13-23)30(36)32-25-16-10-2-1-3-11-17-25/h4-9,12-15,18-20,25H,1-3,10-11,16-17,21-22H2,(H,32,36). The third-order valence-corrected chi connectivity index (χ3v) is 8.09. The summed E-state index contributed by atoms with van der Waals surface area (Å²) in [5.41, 5.74) is 2.65. The number of amides is 2. The van der Waals surface area contributed by atoms with Crippen LogP contribution in [0.25, 0.3) is 11.1 Å². The summed E-state index contributed by atoms with van der Waals surface area (Å²) >= 11 is 0. The van der Waals surface area contributed by atoms with E-state index in [1.807, 2.05) is 71.3 Å². The van der Waals surface area contributed by atoms with E-state index in [9.17, 15) is 9.59 Å². The molecule has 1 fully saturated rings. The Morgan fingerprint density at radius 1 is 0.919 bits per heavy atom. The van der Waals surface area contributed by atoms with Crippen molar-refractivity contribution in [2.75, 3.05) is 0 Å². The lowest BCUT2D eigenvalue weighted by Gasteiger charge is -2.47. The van der Waals surface area contributed by atoms with E-state index < -0.39 is 5.54 Å². The Kier molecular flexibility index (Phi) is 6.33. The predicted octanol–water partition coefficient (Wildman–Crippen LogP) is 6.01. The molecule has 0 spiro atoms. The summed E-state index contributed by atoms with van der Waals surface area (Å²) in [6, 6.07) is 23.5. The van der Waals surface area contributed by atoms with Crippen LogP contribution in [0.4, 0.5) is 0 Å². The maximum absolute atomic E-state index is 14.6. The van der Waals surface area contributed by atoms with Crippen molar-refractivity contribution >= 4 is 22.9 Å². The third kappa shape index (κ3) is 4.24. The lowest BCUT2D eigenvalue weighted by atomic mass is 9.83. The fourth-order valence-electron chi connectivity index (χ4n) is 6.11. The minimum atomic E-state index is -1.20. The van der Waals surface area contributed by atoms with Crippen LogP contribution in [0.2, 0.25) is 0 Å². The van der Waals surface area contributed by atoms with Crippen molar-refractivity contribution in [3.63, 3.8) is 0 Å². The normalized spacial score (nSPS) is 20.9. The van der Waals surface area contributed by atoms with Crippen molar-refractivity contribution in [2.45, 2.75) is 69.6 Å². The van der Waals surface area contributed by atoms with Crippen molar-refractivity contribution in [1.82, 2.24) is 14.8 Å². The van der Waals surface area contributed by atoms with E-state index in [0.717, 1.165) is 42.3 Å². The Morgan fingerprint density at radius 2 is 1.59 bits per heavy atom. The molecule has 1 unspecified atom stereocenters. The first-order valence-electron chi connectivity index (χ1n) is 13.5. The first-order valence-corrected chi connectivity index (χ1v) is 13.5. The summed E-state index contributed by atoms with van der Waals surface area (Å²) in [6.07, 6.45) is 9.51. The van der Waals surface area contributed by atoms with Crippen LogP contribution in [0.1, 0.15) is 66.6 Å². The number of fused-ring (bicyclic) bond motifs is 3. The van der Waals surface area contributed by atoms with Gasteiger partial charge in [-0.2, -0.15) is 0 Å². The Labute approximate surface area is 217 Å². The van der Waals surface area contributed by atoms with Crippen LogP contribution in [0, 0.1) is 0 Å². The molecule has 0 radical (unpaired) electrons. The number of nitrogens with one attached hydrogen (secondary N) is 1. The maximum atomic E-state index is 14.6.